The molecule has 2 saturated carbocycles. The molecule has 2 bridgehead atoms. The maximum Gasteiger partial charge on any atom is 0.404 e. The number of nitrogens with two attached hydrogens (primary N) is 2. The van der Waals surface area contributed by atoms with Crippen molar-refractivity contribution in [1.29, 1.82) is 0 Å². The standard InChI is InChI=1S/C9H16N2O2.ClH/c10-8-5-1-2-6(8)4-7(3-5)13-9(11)12;/h5-8H,1-4,10H2,(H2,11,12);1H/t5-,6+,7-,8+;. The summed E-state index contributed by atoms with van der Waals surface area (Å²) in [6.07, 6.45) is 3.55. The first-order valence-corrected chi connectivity index (χ1v) is 4.88. The fourth-order valence-electron chi connectivity index (χ4n) is 2.78. The number of fused-ring (bicyclic) bond motifs is 2. The molecule has 4 nitrogen and oxygen atoms in total. The number of carbonyl (C=O) groups excluding carboxylic acids is 1. The van der Waals surface area contributed by atoms with Crippen molar-refractivity contribution in [3.8, 4) is 0 Å². The van der Waals surface area contributed by atoms with E-state index in [0.29, 0.717) is 17.9 Å². The first kappa shape index (κ1) is 11.6. The van der Waals surface area contributed by atoms with Crippen LogP contribution >= 0.6 is 12.4 Å². The van der Waals surface area contributed by atoms with E-state index in [1.807, 2.05) is 0 Å². The van der Waals surface area contributed by atoms with Crippen LogP contribution in [0.5, 0.6) is 0 Å². The van der Waals surface area contributed by atoms with Gasteiger partial charge in [-0.3, -0.25) is 0 Å². The quantitative estimate of drug-likeness (QED) is 0.693. The predicted molar refractivity (Wildman–Crippen MR) is 55.1 cm³/mol. The third-order valence-electron chi connectivity index (χ3n) is 3.41. The van der Waals surface area contributed by atoms with Crippen molar-refractivity contribution in [3.05, 3.63) is 0 Å². The fraction of sp³-hybridized carbons (Fsp3) is 0.889. The third-order valence-corrected chi connectivity index (χ3v) is 3.41. The van der Waals surface area contributed by atoms with Crippen molar-refractivity contribution < 1.29 is 9.53 Å². The van der Waals surface area contributed by atoms with E-state index in [9.17, 15) is 4.79 Å². The average molecular weight is 221 g/mol. The molecule has 0 heterocycles. The van der Waals surface area contributed by atoms with Gasteiger partial charge < -0.3 is 16.2 Å². The van der Waals surface area contributed by atoms with Crippen LogP contribution in [0.2, 0.25) is 0 Å². The summed E-state index contributed by atoms with van der Waals surface area (Å²) in [7, 11) is 0. The molecule has 0 radical (unpaired) electrons. The summed E-state index contributed by atoms with van der Waals surface area (Å²) in [6, 6.07) is 0.327. The van der Waals surface area contributed by atoms with Crippen LogP contribution in [0, 0.1) is 11.8 Å². The Morgan fingerprint density at radius 1 is 1.21 bits per heavy atom. The van der Waals surface area contributed by atoms with Crippen LogP contribution < -0.4 is 11.5 Å². The van der Waals surface area contributed by atoms with Gasteiger partial charge in [-0.05, 0) is 37.5 Å². The molecule has 82 valence electrons. The summed E-state index contributed by atoms with van der Waals surface area (Å²) < 4.78 is 5.00. The van der Waals surface area contributed by atoms with Crippen molar-refractivity contribution in [2.75, 3.05) is 0 Å². The second kappa shape index (κ2) is 4.36. The minimum Gasteiger partial charge on any atom is -0.446 e. The maximum atomic E-state index is 10.6. The molecule has 0 spiro atoms. The maximum absolute atomic E-state index is 10.6. The lowest BCUT2D eigenvalue weighted by Crippen LogP contribution is -2.41. The summed E-state index contributed by atoms with van der Waals surface area (Å²) in [4.78, 5) is 10.6. The van der Waals surface area contributed by atoms with Crippen molar-refractivity contribution in [1.82, 2.24) is 0 Å². The summed E-state index contributed by atoms with van der Waals surface area (Å²) in [5.74, 6) is 1.09. The summed E-state index contributed by atoms with van der Waals surface area (Å²) >= 11 is 0. The lowest BCUT2D eigenvalue weighted by molar-refractivity contribution is 0.0557. The summed E-state index contributed by atoms with van der Waals surface area (Å²) in [5, 5.41) is 0. The molecule has 14 heavy (non-hydrogen) atoms. The zero-order chi connectivity index (χ0) is 9.42. The van der Waals surface area contributed by atoms with Crippen molar-refractivity contribution in [2.45, 2.75) is 37.8 Å². The third kappa shape index (κ3) is 2.12. The van der Waals surface area contributed by atoms with Crippen LogP contribution in [0.25, 0.3) is 0 Å². The minimum absolute atomic E-state index is 0. The Kier molecular flexibility index (Phi) is 3.61. The molecule has 2 aliphatic rings. The topological polar surface area (TPSA) is 78.3 Å². The predicted octanol–water partition coefficient (Wildman–Crippen LogP) is 1.02. The lowest BCUT2D eigenvalue weighted by Gasteiger charge is -2.32. The van der Waals surface area contributed by atoms with Crippen LogP contribution in [-0.2, 0) is 4.74 Å². The summed E-state index contributed by atoms with van der Waals surface area (Å²) in [6.45, 7) is 0. The van der Waals surface area contributed by atoms with E-state index < -0.39 is 6.09 Å². The first-order chi connectivity index (χ1) is 6.16. The van der Waals surface area contributed by atoms with Crippen LogP contribution in [0.1, 0.15) is 25.7 Å². The van der Waals surface area contributed by atoms with Crippen LogP contribution in [0.3, 0.4) is 0 Å². The van der Waals surface area contributed by atoms with Gasteiger partial charge in [0.2, 0.25) is 0 Å². The number of amides is 1. The Morgan fingerprint density at radius 3 is 2.14 bits per heavy atom. The molecular weight excluding hydrogens is 204 g/mol. The van der Waals surface area contributed by atoms with E-state index in [1.165, 1.54) is 12.8 Å². The molecule has 0 aromatic rings. The molecule has 0 saturated heterocycles. The SMILES string of the molecule is Cl.NC(=O)O[C@@H]1C[C@H]2CC[C@@H](C1)[C@H]2N. The lowest BCUT2D eigenvalue weighted by atomic mass is 9.83. The van der Waals surface area contributed by atoms with Gasteiger partial charge in [-0.1, -0.05) is 0 Å². The second-order valence-corrected chi connectivity index (χ2v) is 4.21. The van der Waals surface area contributed by atoms with E-state index in [4.69, 9.17) is 16.2 Å². The van der Waals surface area contributed by atoms with E-state index >= 15 is 0 Å². The molecule has 4 N–H and O–H groups in total. The van der Waals surface area contributed by atoms with Gasteiger partial charge in [-0.25, -0.2) is 4.79 Å². The smallest absolute Gasteiger partial charge is 0.404 e. The Labute approximate surface area is 89.8 Å². The van der Waals surface area contributed by atoms with Gasteiger partial charge >= 0.3 is 6.09 Å². The molecule has 2 fully saturated rings. The Balaban J connectivity index is 0.000000980. The van der Waals surface area contributed by atoms with Crippen molar-refractivity contribution in [2.24, 2.45) is 23.3 Å². The Bertz CT molecular complexity index is 211. The summed E-state index contributed by atoms with van der Waals surface area (Å²) in [5.41, 5.74) is 11.0. The van der Waals surface area contributed by atoms with Crippen LogP contribution in [0.15, 0.2) is 0 Å². The van der Waals surface area contributed by atoms with Gasteiger partial charge in [0.15, 0.2) is 0 Å². The zero-order valence-electron chi connectivity index (χ0n) is 8.02. The Morgan fingerprint density at radius 2 is 1.71 bits per heavy atom. The van der Waals surface area contributed by atoms with Gasteiger partial charge in [0.25, 0.3) is 0 Å². The van der Waals surface area contributed by atoms with E-state index in [2.05, 4.69) is 0 Å². The average Bonchev–Trinajstić information content (AvgIpc) is 2.33. The second-order valence-electron chi connectivity index (χ2n) is 4.21. The molecule has 0 aromatic carbocycles. The largest absolute Gasteiger partial charge is 0.446 e. The number of primary amides is 1. The number of hydrogen-bond donors (Lipinski definition) is 2. The van der Waals surface area contributed by atoms with E-state index in [0.717, 1.165) is 12.8 Å². The molecule has 1 amide bonds. The molecule has 2 rings (SSSR count). The molecule has 2 aliphatic carbocycles. The van der Waals surface area contributed by atoms with Gasteiger partial charge in [0.1, 0.15) is 6.10 Å². The number of carbonyl (C=O) groups is 1. The number of rotatable bonds is 1. The number of halogens is 1. The molecule has 0 unspecified atom stereocenters. The first-order valence-electron chi connectivity index (χ1n) is 4.88. The van der Waals surface area contributed by atoms with Crippen LogP contribution in [0.4, 0.5) is 4.79 Å². The fourth-order valence-corrected chi connectivity index (χ4v) is 2.78. The molecule has 0 aliphatic heterocycles. The van der Waals surface area contributed by atoms with Crippen LogP contribution in [-0.4, -0.2) is 18.2 Å². The molecular formula is C9H17ClN2O2. The normalized spacial score (nSPS) is 40.1. The highest BCUT2D eigenvalue weighted by molar-refractivity contribution is 5.85. The number of ether oxygens (including phenoxy) is 1. The van der Waals surface area contributed by atoms with Gasteiger partial charge in [-0.15, -0.1) is 12.4 Å². The van der Waals surface area contributed by atoms with Gasteiger partial charge in [0.05, 0.1) is 0 Å². The molecule has 4 atom stereocenters. The highest BCUT2D eigenvalue weighted by Crippen LogP contribution is 2.42. The highest BCUT2D eigenvalue weighted by atomic mass is 35.5. The van der Waals surface area contributed by atoms with Gasteiger partial charge in [0, 0.05) is 6.04 Å². The molecule has 5 heteroatoms. The monoisotopic (exact) mass is 220 g/mol. The van der Waals surface area contributed by atoms with Crippen molar-refractivity contribution in [3.63, 3.8) is 0 Å². The molecule has 0 aromatic heterocycles. The van der Waals surface area contributed by atoms with Gasteiger partial charge in [-0.2, -0.15) is 0 Å². The van der Waals surface area contributed by atoms with E-state index in [-0.39, 0.29) is 18.5 Å². The van der Waals surface area contributed by atoms with Crippen molar-refractivity contribution >= 4 is 18.5 Å². The zero-order valence-corrected chi connectivity index (χ0v) is 8.83. The number of hydrogen-bond acceptors (Lipinski definition) is 3. The Hall–Kier alpha value is -0.480. The minimum atomic E-state index is -0.653. The van der Waals surface area contributed by atoms with E-state index in [1.54, 1.807) is 0 Å². The highest BCUT2D eigenvalue weighted by Gasteiger charge is 2.41.